The highest BCUT2D eigenvalue weighted by atomic mass is 32.2. The molecular weight excluding hydrogens is 366 g/mol. The minimum atomic E-state index is -2.10. The van der Waals surface area contributed by atoms with Gasteiger partial charge in [0.05, 0.1) is 25.0 Å². The largest absolute Gasteiger partial charge is 0.493 e. The maximum atomic E-state index is 13.0. The first-order valence-electron chi connectivity index (χ1n) is 8.77. The normalized spacial score (nSPS) is 16.6. The predicted octanol–water partition coefficient (Wildman–Crippen LogP) is 3.40. The van der Waals surface area contributed by atoms with E-state index in [1.54, 1.807) is 37.1 Å². The standard InChI is InChI=1S/C20H23NO5S/c1-4-26-18-11-14(9-10-17(18)25-3)19(13(2)27(23)24)21-12-15-7-5-6-8-16(15)20(21)22/h5-11,13,19H,4,12H2,1-3H3,(H,23,24). The second-order valence-corrected chi connectivity index (χ2v) is 7.66. The second-order valence-electron chi connectivity index (χ2n) is 6.36. The molecule has 0 aliphatic carbocycles. The van der Waals surface area contributed by atoms with Crippen molar-refractivity contribution in [1.29, 1.82) is 0 Å². The van der Waals surface area contributed by atoms with Crippen LogP contribution in [0.25, 0.3) is 0 Å². The molecule has 0 aromatic heterocycles. The summed E-state index contributed by atoms with van der Waals surface area (Å²) >= 11 is -2.10. The van der Waals surface area contributed by atoms with E-state index in [1.807, 2.05) is 31.2 Å². The van der Waals surface area contributed by atoms with Crippen LogP contribution in [0.4, 0.5) is 0 Å². The monoisotopic (exact) mass is 389 g/mol. The fourth-order valence-electron chi connectivity index (χ4n) is 3.46. The van der Waals surface area contributed by atoms with Crippen LogP contribution in [0.5, 0.6) is 11.5 Å². The third-order valence-electron chi connectivity index (χ3n) is 4.78. The molecule has 3 rings (SSSR count). The van der Waals surface area contributed by atoms with Gasteiger partial charge < -0.3 is 18.9 Å². The molecule has 0 bridgehead atoms. The van der Waals surface area contributed by atoms with Crippen molar-refractivity contribution >= 4 is 17.0 Å². The van der Waals surface area contributed by atoms with Crippen LogP contribution in [-0.2, 0) is 17.6 Å². The van der Waals surface area contributed by atoms with E-state index in [0.29, 0.717) is 30.2 Å². The second kappa shape index (κ2) is 8.10. The maximum Gasteiger partial charge on any atom is 0.255 e. The van der Waals surface area contributed by atoms with Crippen molar-refractivity contribution in [3.8, 4) is 11.5 Å². The molecule has 0 saturated heterocycles. The van der Waals surface area contributed by atoms with Gasteiger partial charge in [0.2, 0.25) is 0 Å². The van der Waals surface area contributed by atoms with Crippen molar-refractivity contribution in [2.75, 3.05) is 13.7 Å². The lowest BCUT2D eigenvalue weighted by Crippen LogP contribution is -2.37. The van der Waals surface area contributed by atoms with Crippen LogP contribution in [0, 0.1) is 0 Å². The van der Waals surface area contributed by atoms with Crippen LogP contribution < -0.4 is 9.47 Å². The van der Waals surface area contributed by atoms with Crippen molar-refractivity contribution in [3.63, 3.8) is 0 Å². The Labute approximate surface area is 161 Å². The molecule has 1 N–H and O–H groups in total. The molecule has 1 aliphatic rings. The Morgan fingerprint density at radius 3 is 2.59 bits per heavy atom. The minimum Gasteiger partial charge on any atom is -0.493 e. The minimum absolute atomic E-state index is 0.137. The molecule has 0 saturated carbocycles. The van der Waals surface area contributed by atoms with E-state index >= 15 is 0 Å². The van der Waals surface area contributed by atoms with Gasteiger partial charge in [0.25, 0.3) is 5.91 Å². The number of carbonyl (C=O) groups excluding carboxylic acids is 1. The van der Waals surface area contributed by atoms with Crippen molar-refractivity contribution in [3.05, 3.63) is 59.2 Å². The Kier molecular flexibility index (Phi) is 5.82. The third kappa shape index (κ3) is 3.70. The van der Waals surface area contributed by atoms with E-state index in [-0.39, 0.29) is 5.91 Å². The number of amides is 1. The zero-order valence-electron chi connectivity index (χ0n) is 15.5. The topological polar surface area (TPSA) is 76.1 Å². The summed E-state index contributed by atoms with van der Waals surface area (Å²) in [4.78, 5) is 14.6. The number of methoxy groups -OCH3 is 1. The number of rotatable bonds is 7. The van der Waals surface area contributed by atoms with Gasteiger partial charge in [-0.05, 0) is 43.2 Å². The molecule has 3 unspecified atom stereocenters. The molecule has 144 valence electrons. The Balaban J connectivity index is 2.05. The number of nitrogens with zero attached hydrogens (tertiary/aromatic N) is 1. The lowest BCUT2D eigenvalue weighted by atomic mass is 10.0. The molecule has 0 spiro atoms. The van der Waals surface area contributed by atoms with E-state index in [2.05, 4.69) is 0 Å². The summed E-state index contributed by atoms with van der Waals surface area (Å²) in [5, 5.41) is -0.675. The molecule has 7 heteroatoms. The van der Waals surface area contributed by atoms with E-state index in [4.69, 9.17) is 9.47 Å². The first kappa shape index (κ1) is 19.4. The fraction of sp³-hybridized carbons (Fsp3) is 0.350. The van der Waals surface area contributed by atoms with Gasteiger partial charge in [-0.15, -0.1) is 0 Å². The van der Waals surface area contributed by atoms with Crippen LogP contribution in [0.3, 0.4) is 0 Å². The van der Waals surface area contributed by atoms with Crippen molar-refractivity contribution in [2.45, 2.75) is 31.7 Å². The molecule has 1 aliphatic heterocycles. The van der Waals surface area contributed by atoms with E-state index < -0.39 is 22.4 Å². The smallest absolute Gasteiger partial charge is 0.255 e. The van der Waals surface area contributed by atoms with Crippen molar-refractivity contribution in [2.24, 2.45) is 0 Å². The van der Waals surface area contributed by atoms with Gasteiger partial charge in [-0.3, -0.25) is 4.79 Å². The predicted molar refractivity (Wildman–Crippen MR) is 103 cm³/mol. The van der Waals surface area contributed by atoms with Crippen LogP contribution in [0.1, 0.15) is 41.4 Å². The molecule has 27 heavy (non-hydrogen) atoms. The average molecular weight is 389 g/mol. The maximum absolute atomic E-state index is 13.0. The number of hydrogen-bond donors (Lipinski definition) is 1. The molecule has 1 heterocycles. The van der Waals surface area contributed by atoms with Crippen LogP contribution in [0.2, 0.25) is 0 Å². The summed E-state index contributed by atoms with van der Waals surface area (Å²) in [6.07, 6.45) is 0. The van der Waals surface area contributed by atoms with Gasteiger partial charge in [-0.2, -0.15) is 0 Å². The fourth-order valence-corrected chi connectivity index (χ4v) is 3.99. The molecular formula is C20H23NO5S. The number of hydrogen-bond acceptors (Lipinski definition) is 4. The van der Waals surface area contributed by atoms with E-state index in [1.165, 1.54) is 0 Å². The summed E-state index contributed by atoms with van der Waals surface area (Å²) in [6, 6.07) is 12.2. The van der Waals surface area contributed by atoms with E-state index in [9.17, 15) is 13.6 Å². The van der Waals surface area contributed by atoms with Crippen LogP contribution in [0.15, 0.2) is 42.5 Å². The first-order valence-corrected chi connectivity index (χ1v) is 9.94. The highest BCUT2D eigenvalue weighted by Gasteiger charge is 2.38. The lowest BCUT2D eigenvalue weighted by molar-refractivity contribution is 0.0698. The summed E-state index contributed by atoms with van der Waals surface area (Å²) in [5.74, 6) is 0.984. The number of carbonyl (C=O) groups is 1. The molecule has 6 nitrogen and oxygen atoms in total. The first-order chi connectivity index (χ1) is 13.0. The molecule has 2 aromatic rings. The number of fused-ring (bicyclic) bond motifs is 1. The van der Waals surface area contributed by atoms with Gasteiger partial charge in [0.1, 0.15) is 0 Å². The molecule has 0 radical (unpaired) electrons. The third-order valence-corrected chi connectivity index (χ3v) is 5.67. The van der Waals surface area contributed by atoms with Crippen molar-refractivity contribution in [1.82, 2.24) is 4.90 Å². The molecule has 2 aromatic carbocycles. The average Bonchev–Trinajstić information content (AvgIpc) is 2.99. The Bertz CT molecular complexity index is 869. The van der Waals surface area contributed by atoms with Gasteiger partial charge >= 0.3 is 0 Å². The van der Waals surface area contributed by atoms with Crippen LogP contribution in [-0.4, -0.2) is 38.5 Å². The zero-order chi connectivity index (χ0) is 19.6. The summed E-state index contributed by atoms with van der Waals surface area (Å²) < 4.78 is 32.6. The van der Waals surface area contributed by atoms with Gasteiger partial charge in [-0.25, -0.2) is 4.21 Å². The van der Waals surface area contributed by atoms with E-state index in [0.717, 1.165) is 11.1 Å². The summed E-state index contributed by atoms with van der Waals surface area (Å²) in [7, 11) is 1.56. The van der Waals surface area contributed by atoms with Gasteiger partial charge in [0.15, 0.2) is 22.6 Å². The Morgan fingerprint density at radius 2 is 1.96 bits per heavy atom. The highest BCUT2D eigenvalue weighted by Crippen LogP contribution is 2.38. The Morgan fingerprint density at radius 1 is 1.22 bits per heavy atom. The molecule has 1 amide bonds. The molecule has 3 atom stereocenters. The van der Waals surface area contributed by atoms with Crippen molar-refractivity contribution < 1.29 is 23.0 Å². The quantitative estimate of drug-likeness (QED) is 0.735. The number of benzene rings is 2. The molecule has 0 fully saturated rings. The van der Waals surface area contributed by atoms with Crippen LogP contribution >= 0.6 is 0 Å². The Hall–Kier alpha value is -2.38. The number of ether oxygens (including phenoxy) is 2. The lowest BCUT2D eigenvalue weighted by Gasteiger charge is -2.32. The SMILES string of the molecule is CCOc1cc(C(C(C)S(=O)O)N2Cc3ccccc3C2=O)ccc1OC. The van der Waals surface area contributed by atoms with Gasteiger partial charge in [-0.1, -0.05) is 24.3 Å². The van der Waals surface area contributed by atoms with Gasteiger partial charge in [0, 0.05) is 12.1 Å². The highest BCUT2D eigenvalue weighted by molar-refractivity contribution is 7.79. The summed E-state index contributed by atoms with van der Waals surface area (Å²) in [5.41, 5.74) is 2.29. The summed E-state index contributed by atoms with van der Waals surface area (Å²) in [6.45, 7) is 4.40. The zero-order valence-corrected chi connectivity index (χ0v) is 16.4.